The molecule has 0 unspecified atom stereocenters. The number of hydrogen-bond donors (Lipinski definition) is 2. The van der Waals surface area contributed by atoms with E-state index in [1.807, 2.05) is 61.5 Å². The van der Waals surface area contributed by atoms with Crippen LogP contribution in [0, 0.1) is 0 Å². The summed E-state index contributed by atoms with van der Waals surface area (Å²) in [4.78, 5) is 25.2. The van der Waals surface area contributed by atoms with Gasteiger partial charge in [-0.3, -0.25) is 14.3 Å². The molecule has 2 N–H and O–H groups in total. The van der Waals surface area contributed by atoms with Crippen LogP contribution in [-0.4, -0.2) is 35.2 Å². The van der Waals surface area contributed by atoms with E-state index >= 15 is 0 Å². The summed E-state index contributed by atoms with van der Waals surface area (Å²) in [6, 6.07) is 24.2. The number of hydrogen-bond acceptors (Lipinski definition) is 4. The molecule has 4 rings (SSSR count). The zero-order chi connectivity index (χ0) is 23.9. The third kappa shape index (κ3) is 5.32. The molecule has 0 saturated carbocycles. The monoisotopic (exact) mass is 454 g/mol. The molecule has 1 heterocycles. The fourth-order valence-electron chi connectivity index (χ4n) is 3.57. The highest BCUT2D eigenvalue weighted by molar-refractivity contribution is 6.08. The minimum atomic E-state index is -0.282. The maximum atomic E-state index is 13.2. The zero-order valence-corrected chi connectivity index (χ0v) is 19.1. The van der Waals surface area contributed by atoms with Crippen molar-refractivity contribution in [3.63, 3.8) is 0 Å². The molecule has 0 spiro atoms. The Morgan fingerprint density at radius 3 is 2.26 bits per heavy atom. The molecular formula is C27H26N4O3. The molecule has 172 valence electrons. The van der Waals surface area contributed by atoms with Gasteiger partial charge in [0.2, 0.25) is 0 Å². The van der Waals surface area contributed by atoms with Gasteiger partial charge in [-0.2, -0.15) is 5.10 Å². The minimum Gasteiger partial charge on any atom is -0.497 e. The van der Waals surface area contributed by atoms with E-state index in [2.05, 4.69) is 10.6 Å². The summed E-state index contributed by atoms with van der Waals surface area (Å²) in [7, 11) is 1.61. The van der Waals surface area contributed by atoms with Crippen LogP contribution in [0.15, 0.2) is 85.1 Å². The normalized spacial score (nSPS) is 10.5. The first-order chi connectivity index (χ1) is 16.6. The Bertz CT molecular complexity index is 1260. The van der Waals surface area contributed by atoms with Crippen molar-refractivity contribution in [1.82, 2.24) is 15.1 Å². The molecule has 7 nitrogen and oxygen atoms in total. The predicted molar refractivity (Wildman–Crippen MR) is 132 cm³/mol. The second-order valence-electron chi connectivity index (χ2n) is 7.69. The number of methoxy groups -OCH3 is 1. The van der Waals surface area contributed by atoms with Crippen LogP contribution in [-0.2, 0) is 6.54 Å². The van der Waals surface area contributed by atoms with Gasteiger partial charge in [-0.25, -0.2) is 0 Å². The number of amides is 2. The van der Waals surface area contributed by atoms with Gasteiger partial charge in [0, 0.05) is 29.6 Å². The molecule has 0 aliphatic carbocycles. The lowest BCUT2D eigenvalue weighted by atomic mass is 10.1. The predicted octanol–water partition coefficient (Wildman–Crippen LogP) is 4.61. The molecule has 34 heavy (non-hydrogen) atoms. The number of anilines is 1. The van der Waals surface area contributed by atoms with Crippen molar-refractivity contribution < 1.29 is 14.3 Å². The Balaban J connectivity index is 1.61. The topological polar surface area (TPSA) is 85.3 Å². The van der Waals surface area contributed by atoms with Gasteiger partial charge in [0.25, 0.3) is 11.8 Å². The number of carbonyl (C=O) groups is 2. The van der Waals surface area contributed by atoms with E-state index in [-0.39, 0.29) is 11.8 Å². The fourth-order valence-corrected chi connectivity index (χ4v) is 3.57. The Morgan fingerprint density at radius 2 is 1.62 bits per heavy atom. The van der Waals surface area contributed by atoms with Crippen LogP contribution in [0.25, 0.3) is 11.3 Å². The van der Waals surface area contributed by atoms with Crippen LogP contribution < -0.4 is 15.4 Å². The molecule has 0 fully saturated rings. The van der Waals surface area contributed by atoms with Crippen molar-refractivity contribution >= 4 is 17.5 Å². The highest BCUT2D eigenvalue weighted by Gasteiger charge is 2.19. The van der Waals surface area contributed by atoms with Gasteiger partial charge in [-0.1, -0.05) is 30.3 Å². The SMILES string of the molecule is CCNC(=O)c1ccc(NC(=O)c2cn(Cc3ccccc3)nc2-c2ccc(OC)cc2)cc1. The van der Waals surface area contributed by atoms with E-state index in [4.69, 9.17) is 9.84 Å². The molecule has 7 heteroatoms. The summed E-state index contributed by atoms with van der Waals surface area (Å²) < 4.78 is 7.02. The molecule has 0 aliphatic rings. The third-order valence-corrected chi connectivity index (χ3v) is 5.30. The van der Waals surface area contributed by atoms with Crippen LogP contribution in [0.1, 0.15) is 33.2 Å². The van der Waals surface area contributed by atoms with E-state index in [9.17, 15) is 9.59 Å². The van der Waals surface area contributed by atoms with E-state index < -0.39 is 0 Å². The number of aromatic nitrogens is 2. The maximum absolute atomic E-state index is 13.2. The van der Waals surface area contributed by atoms with Crippen LogP contribution in [0.5, 0.6) is 5.75 Å². The number of nitrogens with zero attached hydrogens (tertiary/aromatic N) is 2. The quantitative estimate of drug-likeness (QED) is 0.407. The Kier molecular flexibility index (Phi) is 7.03. The average Bonchev–Trinajstić information content (AvgIpc) is 3.29. The van der Waals surface area contributed by atoms with Gasteiger partial charge in [0.1, 0.15) is 11.4 Å². The first-order valence-electron chi connectivity index (χ1n) is 11.0. The maximum Gasteiger partial charge on any atom is 0.259 e. The van der Waals surface area contributed by atoms with Crippen molar-refractivity contribution in [1.29, 1.82) is 0 Å². The Hall–Kier alpha value is -4.39. The van der Waals surface area contributed by atoms with E-state index in [0.29, 0.717) is 35.6 Å². The van der Waals surface area contributed by atoms with Gasteiger partial charge in [-0.05, 0) is 61.0 Å². The van der Waals surface area contributed by atoms with Crippen LogP contribution in [0.4, 0.5) is 5.69 Å². The molecule has 0 aliphatic heterocycles. The second-order valence-corrected chi connectivity index (χ2v) is 7.69. The highest BCUT2D eigenvalue weighted by Crippen LogP contribution is 2.26. The Labute approximate surface area is 198 Å². The molecule has 3 aromatic carbocycles. The van der Waals surface area contributed by atoms with E-state index in [1.54, 1.807) is 42.3 Å². The lowest BCUT2D eigenvalue weighted by Crippen LogP contribution is -2.22. The minimum absolute atomic E-state index is 0.149. The summed E-state index contributed by atoms with van der Waals surface area (Å²) in [5.74, 6) is 0.297. The number of benzene rings is 3. The standard InChI is InChI=1S/C27H26N4O3/c1-3-28-26(32)21-9-13-22(14-10-21)29-27(33)24-18-31(17-19-7-5-4-6-8-19)30-25(24)20-11-15-23(34-2)16-12-20/h4-16,18H,3,17H2,1-2H3,(H,28,32)(H,29,33). The molecule has 0 saturated heterocycles. The van der Waals surface area contributed by atoms with Gasteiger partial charge in [0.05, 0.1) is 19.2 Å². The second kappa shape index (κ2) is 10.5. The summed E-state index contributed by atoms with van der Waals surface area (Å²) in [6.45, 7) is 2.96. The summed E-state index contributed by atoms with van der Waals surface area (Å²) in [5, 5.41) is 10.4. The first-order valence-corrected chi connectivity index (χ1v) is 11.0. The summed E-state index contributed by atoms with van der Waals surface area (Å²) >= 11 is 0. The largest absolute Gasteiger partial charge is 0.497 e. The van der Waals surface area contributed by atoms with E-state index in [0.717, 1.165) is 16.9 Å². The van der Waals surface area contributed by atoms with Crippen molar-refractivity contribution in [2.75, 3.05) is 19.0 Å². The van der Waals surface area contributed by atoms with Crippen molar-refractivity contribution in [3.8, 4) is 17.0 Å². The fraction of sp³-hybridized carbons (Fsp3) is 0.148. The molecule has 2 amide bonds. The van der Waals surface area contributed by atoms with Gasteiger partial charge in [0.15, 0.2) is 0 Å². The molecule has 0 bridgehead atoms. The number of ether oxygens (including phenoxy) is 1. The molecular weight excluding hydrogens is 428 g/mol. The molecule has 1 aromatic heterocycles. The van der Waals surface area contributed by atoms with Crippen LogP contribution in [0.3, 0.4) is 0 Å². The van der Waals surface area contributed by atoms with Gasteiger partial charge < -0.3 is 15.4 Å². The number of carbonyl (C=O) groups excluding carboxylic acids is 2. The third-order valence-electron chi connectivity index (χ3n) is 5.30. The highest BCUT2D eigenvalue weighted by atomic mass is 16.5. The first kappa shape index (κ1) is 22.8. The lowest BCUT2D eigenvalue weighted by Gasteiger charge is -2.07. The van der Waals surface area contributed by atoms with Crippen molar-refractivity contribution in [2.45, 2.75) is 13.5 Å². The van der Waals surface area contributed by atoms with Crippen molar-refractivity contribution in [2.24, 2.45) is 0 Å². The summed E-state index contributed by atoms with van der Waals surface area (Å²) in [5.41, 5.74) is 4.05. The lowest BCUT2D eigenvalue weighted by molar-refractivity contribution is 0.0955. The zero-order valence-electron chi connectivity index (χ0n) is 19.1. The smallest absolute Gasteiger partial charge is 0.259 e. The van der Waals surface area contributed by atoms with Crippen LogP contribution >= 0.6 is 0 Å². The molecule has 4 aromatic rings. The summed E-state index contributed by atoms with van der Waals surface area (Å²) in [6.07, 6.45) is 1.75. The van der Waals surface area contributed by atoms with Gasteiger partial charge >= 0.3 is 0 Å². The van der Waals surface area contributed by atoms with Gasteiger partial charge in [-0.15, -0.1) is 0 Å². The molecule has 0 atom stereocenters. The van der Waals surface area contributed by atoms with Crippen molar-refractivity contribution in [3.05, 3.63) is 102 Å². The van der Waals surface area contributed by atoms with E-state index in [1.165, 1.54) is 0 Å². The molecule has 0 radical (unpaired) electrons. The average molecular weight is 455 g/mol. The van der Waals surface area contributed by atoms with Crippen LogP contribution in [0.2, 0.25) is 0 Å². The number of nitrogens with one attached hydrogen (secondary N) is 2. The Morgan fingerprint density at radius 1 is 0.912 bits per heavy atom. The number of rotatable bonds is 8.